The number of hydrazine groups is 1. The molecule has 8 heteroatoms. The van der Waals surface area contributed by atoms with Crippen molar-refractivity contribution >= 4 is 21.8 Å². The SMILES string of the molecule is CN(C(=O)C(=O)NS(=O)(=O)c1ccccc1)N1CCCC1. The number of hydrogen-bond acceptors (Lipinski definition) is 5. The molecule has 0 saturated carbocycles. The van der Waals surface area contributed by atoms with Gasteiger partial charge in [-0.25, -0.2) is 18.1 Å². The summed E-state index contributed by atoms with van der Waals surface area (Å²) in [4.78, 5) is 23.7. The van der Waals surface area contributed by atoms with Gasteiger partial charge in [0.25, 0.3) is 10.0 Å². The normalized spacial score (nSPS) is 15.7. The molecule has 1 aliphatic heterocycles. The highest BCUT2D eigenvalue weighted by Crippen LogP contribution is 2.10. The standard InChI is InChI=1S/C13H17N3O4S/c1-15(16-9-5-6-10-16)13(18)12(17)14-21(19,20)11-7-3-2-4-8-11/h2-4,7-8H,5-6,9-10H2,1H3,(H,14,17). The van der Waals surface area contributed by atoms with Crippen molar-refractivity contribution in [3.8, 4) is 0 Å². The van der Waals surface area contributed by atoms with Crippen LogP contribution in [0, 0.1) is 0 Å². The highest BCUT2D eigenvalue weighted by Gasteiger charge is 2.29. The van der Waals surface area contributed by atoms with Crippen molar-refractivity contribution in [2.24, 2.45) is 0 Å². The first-order valence-corrected chi connectivity index (χ1v) is 8.05. The molecule has 1 aromatic carbocycles. The zero-order valence-electron chi connectivity index (χ0n) is 11.7. The Labute approximate surface area is 123 Å². The van der Waals surface area contributed by atoms with E-state index in [1.165, 1.54) is 36.3 Å². The lowest BCUT2D eigenvalue weighted by molar-refractivity contribution is -0.153. The van der Waals surface area contributed by atoms with Crippen LogP contribution in [0.5, 0.6) is 0 Å². The summed E-state index contributed by atoms with van der Waals surface area (Å²) in [5.74, 6) is -2.05. The van der Waals surface area contributed by atoms with E-state index in [2.05, 4.69) is 0 Å². The van der Waals surface area contributed by atoms with Crippen LogP contribution in [-0.4, -0.2) is 50.4 Å². The van der Waals surface area contributed by atoms with Gasteiger partial charge in [-0.15, -0.1) is 0 Å². The Morgan fingerprint density at radius 2 is 1.71 bits per heavy atom. The third-order valence-electron chi connectivity index (χ3n) is 3.28. The molecule has 114 valence electrons. The van der Waals surface area contributed by atoms with Crippen molar-refractivity contribution in [2.75, 3.05) is 20.1 Å². The van der Waals surface area contributed by atoms with E-state index in [-0.39, 0.29) is 4.90 Å². The van der Waals surface area contributed by atoms with Gasteiger partial charge >= 0.3 is 11.8 Å². The Balaban J connectivity index is 2.05. The van der Waals surface area contributed by atoms with Gasteiger partial charge < -0.3 is 0 Å². The maximum atomic E-state index is 12.0. The Bertz CT molecular complexity index is 624. The van der Waals surface area contributed by atoms with Gasteiger partial charge in [0.2, 0.25) is 0 Å². The number of nitrogens with zero attached hydrogens (tertiary/aromatic N) is 2. The third kappa shape index (κ3) is 3.59. The molecule has 0 spiro atoms. The predicted molar refractivity (Wildman–Crippen MR) is 75.3 cm³/mol. The van der Waals surface area contributed by atoms with Crippen molar-refractivity contribution in [3.05, 3.63) is 30.3 Å². The van der Waals surface area contributed by atoms with Gasteiger partial charge in [0.1, 0.15) is 0 Å². The van der Waals surface area contributed by atoms with Crippen molar-refractivity contribution in [1.29, 1.82) is 0 Å². The molecule has 2 rings (SSSR count). The first kappa shape index (κ1) is 15.5. The van der Waals surface area contributed by atoms with Gasteiger partial charge in [-0.05, 0) is 25.0 Å². The second kappa shape index (κ2) is 6.23. The van der Waals surface area contributed by atoms with Crippen LogP contribution in [0.4, 0.5) is 0 Å². The van der Waals surface area contributed by atoms with Gasteiger partial charge in [-0.3, -0.25) is 14.6 Å². The summed E-state index contributed by atoms with van der Waals surface area (Å²) < 4.78 is 25.7. The summed E-state index contributed by atoms with van der Waals surface area (Å²) in [5.41, 5.74) is 0. The van der Waals surface area contributed by atoms with E-state index < -0.39 is 21.8 Å². The largest absolute Gasteiger partial charge is 0.326 e. The molecule has 21 heavy (non-hydrogen) atoms. The van der Waals surface area contributed by atoms with E-state index >= 15 is 0 Å². The van der Waals surface area contributed by atoms with Gasteiger partial charge in [-0.2, -0.15) is 0 Å². The molecule has 0 unspecified atom stereocenters. The molecule has 1 heterocycles. The summed E-state index contributed by atoms with van der Waals surface area (Å²) in [6, 6.07) is 7.44. The van der Waals surface area contributed by atoms with Crippen LogP contribution >= 0.6 is 0 Å². The number of hydrogen-bond donors (Lipinski definition) is 1. The zero-order chi connectivity index (χ0) is 15.5. The number of likely N-dealkylation sites (N-methyl/N-ethyl adjacent to an activating group) is 1. The molecule has 1 fully saturated rings. The highest BCUT2D eigenvalue weighted by atomic mass is 32.2. The number of amides is 2. The van der Waals surface area contributed by atoms with Crippen LogP contribution < -0.4 is 4.72 Å². The maximum absolute atomic E-state index is 12.0. The summed E-state index contributed by atoms with van der Waals surface area (Å²) in [7, 11) is -2.57. The van der Waals surface area contributed by atoms with Gasteiger partial charge in [0, 0.05) is 20.1 Å². The average Bonchev–Trinajstić information content (AvgIpc) is 3.00. The number of rotatable bonds is 3. The Morgan fingerprint density at radius 3 is 2.29 bits per heavy atom. The molecule has 1 saturated heterocycles. The van der Waals surface area contributed by atoms with Crippen LogP contribution in [0.3, 0.4) is 0 Å². The zero-order valence-corrected chi connectivity index (χ0v) is 12.5. The Hall–Kier alpha value is -1.93. The first-order chi connectivity index (χ1) is 9.92. The van der Waals surface area contributed by atoms with E-state index in [0.717, 1.165) is 12.8 Å². The van der Waals surface area contributed by atoms with Crippen LogP contribution in [0.1, 0.15) is 12.8 Å². The fourth-order valence-corrected chi connectivity index (χ4v) is 3.06. The fraction of sp³-hybridized carbons (Fsp3) is 0.385. The Morgan fingerprint density at radius 1 is 1.14 bits per heavy atom. The summed E-state index contributed by atoms with van der Waals surface area (Å²) in [6.07, 6.45) is 1.89. The lowest BCUT2D eigenvalue weighted by Crippen LogP contribution is -2.49. The topological polar surface area (TPSA) is 86.8 Å². The molecule has 1 aromatic rings. The number of benzene rings is 1. The molecule has 0 radical (unpaired) electrons. The smallest absolute Gasteiger partial charge is 0.270 e. The maximum Gasteiger partial charge on any atom is 0.326 e. The molecule has 0 bridgehead atoms. The average molecular weight is 311 g/mol. The highest BCUT2D eigenvalue weighted by molar-refractivity contribution is 7.90. The molecule has 0 aromatic heterocycles. The lowest BCUT2D eigenvalue weighted by Gasteiger charge is -2.26. The van der Waals surface area contributed by atoms with Crippen LogP contribution in [0.2, 0.25) is 0 Å². The summed E-state index contributed by atoms with van der Waals surface area (Å²) in [5, 5.41) is 2.89. The van der Waals surface area contributed by atoms with E-state index in [4.69, 9.17) is 0 Å². The fourth-order valence-electron chi connectivity index (χ4n) is 2.10. The molecule has 1 N–H and O–H groups in total. The predicted octanol–water partition coefficient (Wildman–Crippen LogP) is -0.0393. The number of sulfonamides is 1. The summed E-state index contributed by atoms with van der Waals surface area (Å²) >= 11 is 0. The van der Waals surface area contributed by atoms with Crippen molar-refractivity contribution in [2.45, 2.75) is 17.7 Å². The third-order valence-corrected chi connectivity index (χ3v) is 4.62. The monoisotopic (exact) mass is 311 g/mol. The number of nitrogens with one attached hydrogen (secondary N) is 1. The van der Waals surface area contributed by atoms with E-state index in [1.807, 2.05) is 0 Å². The lowest BCUT2D eigenvalue weighted by atomic mass is 10.4. The van der Waals surface area contributed by atoms with Crippen molar-refractivity contribution in [3.63, 3.8) is 0 Å². The van der Waals surface area contributed by atoms with Crippen LogP contribution in [0.15, 0.2) is 35.2 Å². The quantitative estimate of drug-likeness (QED) is 0.792. The van der Waals surface area contributed by atoms with E-state index in [9.17, 15) is 18.0 Å². The second-order valence-electron chi connectivity index (χ2n) is 4.74. The molecule has 1 aliphatic rings. The number of carbonyl (C=O) groups is 2. The van der Waals surface area contributed by atoms with E-state index in [0.29, 0.717) is 13.1 Å². The summed E-state index contributed by atoms with van der Waals surface area (Å²) in [6.45, 7) is 1.36. The molecular weight excluding hydrogens is 294 g/mol. The first-order valence-electron chi connectivity index (χ1n) is 6.56. The molecule has 2 amide bonds. The van der Waals surface area contributed by atoms with E-state index in [1.54, 1.807) is 15.8 Å². The van der Waals surface area contributed by atoms with Crippen LogP contribution in [0.25, 0.3) is 0 Å². The second-order valence-corrected chi connectivity index (χ2v) is 6.42. The minimum Gasteiger partial charge on any atom is -0.270 e. The minimum atomic E-state index is -4.03. The molecular formula is C13H17N3O4S. The number of carbonyl (C=O) groups excluding carboxylic acids is 2. The van der Waals surface area contributed by atoms with Crippen LogP contribution in [-0.2, 0) is 19.6 Å². The van der Waals surface area contributed by atoms with Crippen molar-refractivity contribution in [1.82, 2.24) is 14.7 Å². The minimum absolute atomic E-state index is 0.0602. The van der Waals surface area contributed by atoms with Crippen molar-refractivity contribution < 1.29 is 18.0 Å². The molecule has 0 aliphatic carbocycles. The Kier molecular flexibility index (Phi) is 4.59. The van der Waals surface area contributed by atoms with Gasteiger partial charge in [0.15, 0.2) is 0 Å². The van der Waals surface area contributed by atoms with Gasteiger partial charge in [-0.1, -0.05) is 18.2 Å². The van der Waals surface area contributed by atoms with Gasteiger partial charge in [0.05, 0.1) is 4.90 Å². The molecule has 7 nitrogen and oxygen atoms in total. The molecule has 0 atom stereocenters.